The summed E-state index contributed by atoms with van der Waals surface area (Å²) in [7, 11) is 0. The first-order valence-electron chi connectivity index (χ1n) is 7.00. The molecule has 2 rings (SSSR count). The van der Waals surface area contributed by atoms with Crippen LogP contribution in [0, 0.1) is 0 Å². The van der Waals surface area contributed by atoms with Crippen molar-refractivity contribution in [3.63, 3.8) is 0 Å². The molecule has 6 heteroatoms. The van der Waals surface area contributed by atoms with Gasteiger partial charge in [0.2, 0.25) is 0 Å². The highest BCUT2D eigenvalue weighted by atomic mass is 35.5. The number of aromatic hydroxyl groups is 1. The van der Waals surface area contributed by atoms with Crippen molar-refractivity contribution in [1.82, 2.24) is 10.2 Å². The Morgan fingerprint density at radius 3 is 2.76 bits per heavy atom. The molecule has 1 fully saturated rings. The number of nitrogens with one attached hydrogen (secondary N) is 1. The predicted octanol–water partition coefficient (Wildman–Crippen LogP) is 1.89. The van der Waals surface area contributed by atoms with Crippen molar-refractivity contribution in [2.75, 3.05) is 32.8 Å². The van der Waals surface area contributed by atoms with Crippen LogP contribution in [0.1, 0.15) is 24.2 Å². The van der Waals surface area contributed by atoms with Crippen LogP contribution in [0.15, 0.2) is 18.2 Å². The van der Waals surface area contributed by atoms with Gasteiger partial charge >= 0.3 is 0 Å². The van der Waals surface area contributed by atoms with Crippen LogP contribution in [0.25, 0.3) is 0 Å². The number of hydrogen-bond donors (Lipinski definition) is 2. The second kappa shape index (κ2) is 6.64. The molecule has 1 aromatic rings. The lowest BCUT2D eigenvalue weighted by Crippen LogP contribution is -2.55. The minimum absolute atomic E-state index is 0.0250. The molecule has 0 aromatic heterocycles. The number of nitrogens with zero attached hydrogens (tertiary/aromatic N) is 1. The Balaban J connectivity index is 1.98. The first-order chi connectivity index (χ1) is 9.90. The normalized spacial score (nSPS) is 16.7. The molecule has 2 N–H and O–H groups in total. The summed E-state index contributed by atoms with van der Waals surface area (Å²) in [5.41, 5.74) is 0.123. The fraction of sp³-hybridized carbons (Fsp3) is 0.533. The molecule has 0 atom stereocenters. The van der Waals surface area contributed by atoms with Gasteiger partial charge in [-0.3, -0.25) is 9.69 Å². The van der Waals surface area contributed by atoms with Gasteiger partial charge in [-0.1, -0.05) is 11.6 Å². The van der Waals surface area contributed by atoms with Gasteiger partial charge in [-0.05, 0) is 32.0 Å². The zero-order valence-corrected chi connectivity index (χ0v) is 13.1. The summed E-state index contributed by atoms with van der Waals surface area (Å²) in [6.07, 6.45) is 0. The molecular formula is C15H21ClN2O3. The van der Waals surface area contributed by atoms with E-state index in [1.807, 2.05) is 0 Å². The van der Waals surface area contributed by atoms with Crippen molar-refractivity contribution in [2.45, 2.75) is 19.4 Å². The lowest BCUT2D eigenvalue weighted by atomic mass is 10.0. The number of morpholine rings is 1. The standard InChI is InChI=1S/C15H21ClN2O3/c1-15(2,18-5-7-21-8-6-18)10-17-14(20)12-9-11(19)3-4-13(12)16/h3-4,9,19H,5-8,10H2,1-2H3,(H,17,20). The molecule has 1 heterocycles. The third kappa shape index (κ3) is 4.09. The van der Waals surface area contributed by atoms with Gasteiger partial charge in [-0.15, -0.1) is 0 Å². The highest BCUT2D eigenvalue weighted by Crippen LogP contribution is 2.21. The van der Waals surface area contributed by atoms with E-state index in [2.05, 4.69) is 24.1 Å². The van der Waals surface area contributed by atoms with Crippen molar-refractivity contribution in [2.24, 2.45) is 0 Å². The molecule has 0 aliphatic carbocycles. The fourth-order valence-corrected chi connectivity index (χ4v) is 2.56. The first-order valence-corrected chi connectivity index (χ1v) is 7.37. The fourth-order valence-electron chi connectivity index (χ4n) is 2.36. The Hall–Kier alpha value is -1.30. The topological polar surface area (TPSA) is 61.8 Å². The summed E-state index contributed by atoms with van der Waals surface area (Å²) in [6, 6.07) is 4.34. The number of amides is 1. The number of phenols is 1. The molecule has 116 valence electrons. The summed E-state index contributed by atoms with van der Waals surface area (Å²) in [5, 5.41) is 12.7. The number of hydrogen-bond acceptors (Lipinski definition) is 4. The maximum atomic E-state index is 12.2. The quantitative estimate of drug-likeness (QED) is 0.891. The van der Waals surface area contributed by atoms with Crippen LogP contribution in [0.4, 0.5) is 0 Å². The molecule has 5 nitrogen and oxygen atoms in total. The van der Waals surface area contributed by atoms with Crippen LogP contribution < -0.4 is 5.32 Å². The number of carbonyl (C=O) groups is 1. The van der Waals surface area contributed by atoms with Gasteiger partial charge in [0.05, 0.1) is 23.8 Å². The van der Waals surface area contributed by atoms with Crippen molar-refractivity contribution in [3.05, 3.63) is 28.8 Å². The molecule has 21 heavy (non-hydrogen) atoms. The summed E-state index contributed by atoms with van der Waals surface area (Å²) >= 11 is 5.99. The van der Waals surface area contributed by atoms with E-state index < -0.39 is 0 Å². The maximum Gasteiger partial charge on any atom is 0.252 e. The second-order valence-corrected chi connectivity index (χ2v) is 6.17. The number of benzene rings is 1. The van der Waals surface area contributed by atoms with Gasteiger partial charge in [-0.2, -0.15) is 0 Å². The second-order valence-electron chi connectivity index (χ2n) is 5.76. The van der Waals surface area contributed by atoms with E-state index in [9.17, 15) is 9.90 Å². The molecule has 1 amide bonds. The minimum atomic E-state index is -0.280. The van der Waals surface area contributed by atoms with Gasteiger partial charge in [0.1, 0.15) is 5.75 Å². The average molecular weight is 313 g/mol. The Labute approximate surface area is 129 Å². The Kier molecular flexibility index (Phi) is 5.08. The maximum absolute atomic E-state index is 12.2. The molecule has 1 aromatic carbocycles. The van der Waals surface area contributed by atoms with E-state index in [4.69, 9.17) is 16.3 Å². The number of halogens is 1. The largest absolute Gasteiger partial charge is 0.508 e. The monoisotopic (exact) mass is 312 g/mol. The molecular weight excluding hydrogens is 292 g/mol. The van der Waals surface area contributed by atoms with Crippen LogP contribution in [0.3, 0.4) is 0 Å². The molecule has 0 unspecified atom stereocenters. The zero-order chi connectivity index (χ0) is 15.5. The van der Waals surface area contributed by atoms with E-state index in [-0.39, 0.29) is 22.8 Å². The van der Waals surface area contributed by atoms with Crippen molar-refractivity contribution in [1.29, 1.82) is 0 Å². The van der Waals surface area contributed by atoms with Crippen LogP contribution in [-0.4, -0.2) is 54.3 Å². The van der Waals surface area contributed by atoms with Crippen LogP contribution in [0.5, 0.6) is 5.75 Å². The first kappa shape index (κ1) is 16.1. The minimum Gasteiger partial charge on any atom is -0.508 e. The van der Waals surface area contributed by atoms with Crippen molar-refractivity contribution in [3.8, 4) is 5.75 Å². The van der Waals surface area contributed by atoms with Crippen molar-refractivity contribution < 1.29 is 14.6 Å². The number of carbonyl (C=O) groups excluding carboxylic acids is 1. The molecule has 0 spiro atoms. The molecule has 0 bridgehead atoms. The van der Waals surface area contributed by atoms with Gasteiger partial charge < -0.3 is 15.2 Å². The van der Waals surface area contributed by atoms with E-state index in [0.29, 0.717) is 11.6 Å². The third-order valence-corrected chi connectivity index (χ3v) is 4.07. The molecule has 0 radical (unpaired) electrons. The highest BCUT2D eigenvalue weighted by Gasteiger charge is 2.28. The van der Waals surface area contributed by atoms with Crippen LogP contribution >= 0.6 is 11.6 Å². The average Bonchev–Trinajstić information content (AvgIpc) is 2.48. The number of ether oxygens (including phenoxy) is 1. The van der Waals surface area contributed by atoms with Gasteiger partial charge in [0, 0.05) is 25.2 Å². The lowest BCUT2D eigenvalue weighted by Gasteiger charge is -2.40. The summed E-state index contributed by atoms with van der Waals surface area (Å²) in [5.74, 6) is -0.255. The van der Waals surface area contributed by atoms with E-state index >= 15 is 0 Å². The molecule has 0 saturated carbocycles. The Morgan fingerprint density at radius 1 is 1.43 bits per heavy atom. The predicted molar refractivity (Wildman–Crippen MR) is 81.9 cm³/mol. The molecule has 1 aliphatic heterocycles. The van der Waals surface area contributed by atoms with E-state index in [0.717, 1.165) is 26.3 Å². The number of phenolic OH excluding ortho intramolecular Hbond substituents is 1. The zero-order valence-electron chi connectivity index (χ0n) is 12.4. The highest BCUT2D eigenvalue weighted by molar-refractivity contribution is 6.33. The van der Waals surface area contributed by atoms with Gasteiger partial charge in [0.25, 0.3) is 5.91 Å². The third-order valence-electron chi connectivity index (χ3n) is 3.74. The SMILES string of the molecule is CC(C)(CNC(=O)c1cc(O)ccc1Cl)N1CCOCC1. The summed E-state index contributed by atoms with van der Waals surface area (Å²) < 4.78 is 5.34. The molecule has 1 saturated heterocycles. The van der Waals surface area contributed by atoms with Crippen LogP contribution in [0.2, 0.25) is 5.02 Å². The summed E-state index contributed by atoms with van der Waals surface area (Å²) in [6.45, 7) is 7.82. The summed E-state index contributed by atoms with van der Waals surface area (Å²) in [4.78, 5) is 14.5. The van der Waals surface area contributed by atoms with Gasteiger partial charge in [-0.25, -0.2) is 0 Å². The Bertz CT molecular complexity index is 514. The van der Waals surface area contributed by atoms with E-state index in [1.54, 1.807) is 0 Å². The lowest BCUT2D eigenvalue weighted by molar-refractivity contribution is -0.00923. The Morgan fingerprint density at radius 2 is 2.10 bits per heavy atom. The van der Waals surface area contributed by atoms with Crippen molar-refractivity contribution >= 4 is 17.5 Å². The smallest absolute Gasteiger partial charge is 0.252 e. The van der Waals surface area contributed by atoms with Crippen LogP contribution in [-0.2, 0) is 4.74 Å². The number of rotatable bonds is 4. The van der Waals surface area contributed by atoms with E-state index in [1.165, 1.54) is 18.2 Å². The van der Waals surface area contributed by atoms with Gasteiger partial charge in [0.15, 0.2) is 0 Å². The molecule has 1 aliphatic rings.